The van der Waals surface area contributed by atoms with Crippen molar-refractivity contribution in [2.24, 2.45) is 23.7 Å². The number of rotatable bonds is 7. The van der Waals surface area contributed by atoms with Crippen LogP contribution in [0, 0.1) is 41.3 Å². The molecule has 0 amide bonds. The average Bonchev–Trinajstić information content (AvgIpc) is 2.74. The lowest BCUT2D eigenvalue weighted by atomic mass is 9.74. The van der Waals surface area contributed by atoms with E-state index in [1.807, 2.05) is 0 Å². The van der Waals surface area contributed by atoms with Crippen molar-refractivity contribution in [3.8, 4) is 11.8 Å². The SMILES string of the molecule is CCCC1CCC(CCC2CCC(CC(O)C#Cc3ccccc3F)CC2)CC1. The average molecular weight is 399 g/mol. The maximum Gasteiger partial charge on any atom is 0.138 e. The number of aliphatic hydroxyl groups is 1. The summed E-state index contributed by atoms with van der Waals surface area (Å²) in [6.45, 7) is 2.32. The van der Waals surface area contributed by atoms with Gasteiger partial charge in [-0.05, 0) is 42.2 Å². The van der Waals surface area contributed by atoms with Gasteiger partial charge in [0.15, 0.2) is 0 Å². The van der Waals surface area contributed by atoms with E-state index in [1.54, 1.807) is 18.2 Å². The van der Waals surface area contributed by atoms with Crippen LogP contribution in [-0.4, -0.2) is 11.2 Å². The molecule has 3 rings (SSSR count). The monoisotopic (exact) mass is 398 g/mol. The van der Waals surface area contributed by atoms with Gasteiger partial charge in [-0.3, -0.25) is 0 Å². The van der Waals surface area contributed by atoms with E-state index >= 15 is 0 Å². The first-order valence-electron chi connectivity index (χ1n) is 12.1. The minimum absolute atomic E-state index is 0.313. The number of halogens is 1. The summed E-state index contributed by atoms with van der Waals surface area (Å²) in [6.07, 6.45) is 16.6. The van der Waals surface area contributed by atoms with Gasteiger partial charge in [-0.15, -0.1) is 0 Å². The van der Waals surface area contributed by atoms with E-state index in [9.17, 15) is 9.50 Å². The molecular formula is C27H39FO. The van der Waals surface area contributed by atoms with E-state index in [-0.39, 0.29) is 5.82 Å². The molecule has 2 aliphatic rings. The zero-order valence-corrected chi connectivity index (χ0v) is 18.2. The lowest BCUT2D eigenvalue weighted by Crippen LogP contribution is -2.20. The van der Waals surface area contributed by atoms with Crippen molar-refractivity contribution in [1.82, 2.24) is 0 Å². The molecule has 1 aromatic carbocycles. The molecule has 0 saturated heterocycles. The minimum Gasteiger partial charge on any atom is -0.380 e. The summed E-state index contributed by atoms with van der Waals surface area (Å²) in [5.74, 6) is 8.79. The van der Waals surface area contributed by atoms with E-state index < -0.39 is 6.10 Å². The number of hydrogen-bond donors (Lipinski definition) is 1. The first kappa shape index (κ1) is 22.4. The zero-order valence-electron chi connectivity index (χ0n) is 18.2. The van der Waals surface area contributed by atoms with E-state index in [2.05, 4.69) is 18.8 Å². The van der Waals surface area contributed by atoms with Crippen molar-refractivity contribution >= 4 is 0 Å². The van der Waals surface area contributed by atoms with Crippen molar-refractivity contribution in [2.45, 2.75) is 96.5 Å². The molecule has 2 aliphatic carbocycles. The molecule has 1 nitrogen and oxygen atoms in total. The maximum absolute atomic E-state index is 13.6. The van der Waals surface area contributed by atoms with Crippen LogP contribution in [0.4, 0.5) is 4.39 Å². The molecule has 2 fully saturated rings. The summed E-state index contributed by atoms with van der Waals surface area (Å²) in [5.41, 5.74) is 0.374. The van der Waals surface area contributed by atoms with E-state index in [1.165, 1.54) is 83.1 Å². The van der Waals surface area contributed by atoms with Crippen molar-refractivity contribution < 1.29 is 9.50 Å². The molecule has 0 spiro atoms. The summed E-state index contributed by atoms with van der Waals surface area (Å²) in [6, 6.07) is 6.51. The third-order valence-electron chi connectivity index (χ3n) is 7.42. The quantitative estimate of drug-likeness (QED) is 0.485. The summed E-state index contributed by atoms with van der Waals surface area (Å²) in [5, 5.41) is 10.3. The summed E-state index contributed by atoms with van der Waals surface area (Å²) < 4.78 is 13.6. The summed E-state index contributed by atoms with van der Waals surface area (Å²) >= 11 is 0. The molecule has 29 heavy (non-hydrogen) atoms. The van der Waals surface area contributed by atoms with Crippen LogP contribution in [0.1, 0.15) is 96.0 Å². The fraction of sp³-hybridized carbons (Fsp3) is 0.704. The Hall–Kier alpha value is -1.33. The molecular weight excluding hydrogens is 359 g/mol. The molecule has 0 aliphatic heterocycles. The van der Waals surface area contributed by atoms with Gasteiger partial charge in [-0.25, -0.2) is 4.39 Å². The molecule has 1 N–H and O–H groups in total. The highest BCUT2D eigenvalue weighted by molar-refractivity contribution is 5.35. The molecule has 1 aromatic rings. The van der Waals surface area contributed by atoms with Gasteiger partial charge in [-0.1, -0.05) is 108 Å². The molecule has 0 radical (unpaired) electrons. The number of hydrogen-bond acceptors (Lipinski definition) is 1. The van der Waals surface area contributed by atoms with Gasteiger partial charge in [0.1, 0.15) is 11.9 Å². The smallest absolute Gasteiger partial charge is 0.138 e. The predicted octanol–water partition coefficient (Wildman–Crippen LogP) is 7.12. The Morgan fingerprint density at radius 2 is 1.38 bits per heavy atom. The van der Waals surface area contributed by atoms with Gasteiger partial charge in [0, 0.05) is 0 Å². The van der Waals surface area contributed by atoms with Crippen molar-refractivity contribution in [3.63, 3.8) is 0 Å². The molecule has 0 bridgehead atoms. The first-order chi connectivity index (χ1) is 14.1. The third kappa shape index (κ3) is 7.45. The Kier molecular flexibility index (Phi) is 9.06. The largest absolute Gasteiger partial charge is 0.380 e. The highest BCUT2D eigenvalue weighted by Gasteiger charge is 2.25. The van der Waals surface area contributed by atoms with Crippen LogP contribution in [0.5, 0.6) is 0 Å². The fourth-order valence-electron chi connectivity index (χ4n) is 5.54. The zero-order chi connectivity index (χ0) is 20.5. The molecule has 0 aromatic heterocycles. The lowest BCUT2D eigenvalue weighted by molar-refractivity contribution is 0.157. The maximum atomic E-state index is 13.6. The van der Waals surface area contributed by atoms with Gasteiger partial charge >= 0.3 is 0 Å². The van der Waals surface area contributed by atoms with Crippen LogP contribution in [0.15, 0.2) is 24.3 Å². The third-order valence-corrected chi connectivity index (χ3v) is 7.42. The van der Waals surface area contributed by atoms with Crippen LogP contribution >= 0.6 is 0 Å². The van der Waals surface area contributed by atoms with Crippen LogP contribution in [0.25, 0.3) is 0 Å². The second kappa shape index (κ2) is 11.8. The second-order valence-electron chi connectivity index (χ2n) is 9.64. The van der Waals surface area contributed by atoms with E-state index in [4.69, 9.17) is 0 Å². The lowest BCUT2D eigenvalue weighted by Gasteiger charge is -2.32. The van der Waals surface area contributed by atoms with Crippen molar-refractivity contribution in [3.05, 3.63) is 35.6 Å². The molecule has 0 heterocycles. The van der Waals surface area contributed by atoms with Crippen molar-refractivity contribution in [2.75, 3.05) is 0 Å². The van der Waals surface area contributed by atoms with Gasteiger partial charge < -0.3 is 5.11 Å². The van der Waals surface area contributed by atoms with Crippen LogP contribution in [0.3, 0.4) is 0 Å². The Balaban J connectivity index is 1.32. The minimum atomic E-state index is -0.644. The Morgan fingerprint density at radius 3 is 1.93 bits per heavy atom. The van der Waals surface area contributed by atoms with E-state index in [0.29, 0.717) is 11.5 Å². The summed E-state index contributed by atoms with van der Waals surface area (Å²) in [4.78, 5) is 0. The van der Waals surface area contributed by atoms with Crippen LogP contribution < -0.4 is 0 Å². The molecule has 1 atom stereocenters. The number of aliphatic hydroxyl groups excluding tert-OH is 1. The van der Waals surface area contributed by atoms with E-state index in [0.717, 1.165) is 24.2 Å². The molecule has 1 unspecified atom stereocenters. The molecule has 2 saturated carbocycles. The molecule has 160 valence electrons. The Labute approximate surface area is 177 Å². The normalized spacial score (nSPS) is 28.4. The predicted molar refractivity (Wildman–Crippen MR) is 119 cm³/mol. The molecule has 2 heteroatoms. The fourth-order valence-corrected chi connectivity index (χ4v) is 5.54. The van der Waals surface area contributed by atoms with Crippen LogP contribution in [0.2, 0.25) is 0 Å². The highest BCUT2D eigenvalue weighted by Crippen LogP contribution is 2.38. The highest BCUT2D eigenvalue weighted by atomic mass is 19.1. The summed E-state index contributed by atoms with van der Waals surface area (Å²) in [7, 11) is 0. The van der Waals surface area contributed by atoms with Gasteiger partial charge in [-0.2, -0.15) is 0 Å². The Bertz CT molecular complexity index is 657. The topological polar surface area (TPSA) is 20.2 Å². The van der Waals surface area contributed by atoms with Crippen LogP contribution in [-0.2, 0) is 0 Å². The standard InChI is InChI=1S/C27H39FO/c1-2-5-21-8-10-22(11-9-21)12-13-23-14-16-24(17-15-23)20-26(29)19-18-25-6-3-4-7-27(25)28/h3-4,6-7,21-24,26,29H,2,5,8-17,20H2,1H3. The van der Waals surface area contributed by atoms with Gasteiger partial charge in [0.2, 0.25) is 0 Å². The Morgan fingerprint density at radius 1 is 0.862 bits per heavy atom. The van der Waals surface area contributed by atoms with Gasteiger partial charge in [0.05, 0.1) is 5.56 Å². The van der Waals surface area contributed by atoms with Gasteiger partial charge in [0.25, 0.3) is 0 Å². The second-order valence-corrected chi connectivity index (χ2v) is 9.64. The first-order valence-corrected chi connectivity index (χ1v) is 12.1. The van der Waals surface area contributed by atoms with Crippen molar-refractivity contribution in [1.29, 1.82) is 0 Å². The number of benzene rings is 1.